The molecule has 5 rings (SSSR count). The maximum atomic E-state index is 12.1. The molecule has 1 atom stereocenters. The fraction of sp³-hybridized carbons (Fsp3) is 0.462. The molecule has 3 N–H and O–H groups in total. The lowest BCUT2D eigenvalue weighted by Crippen LogP contribution is -2.54. The molecule has 1 fully saturated rings. The molecule has 3 heterocycles. The van der Waals surface area contributed by atoms with Gasteiger partial charge in [0.2, 0.25) is 5.88 Å². The summed E-state index contributed by atoms with van der Waals surface area (Å²) in [6.07, 6.45) is 7.24. The van der Waals surface area contributed by atoms with Gasteiger partial charge in [-0.3, -0.25) is 4.79 Å². The first-order valence-corrected chi connectivity index (χ1v) is 12.3. The molecule has 2 aliphatic rings. The van der Waals surface area contributed by atoms with Crippen molar-refractivity contribution < 1.29 is 19.8 Å². The van der Waals surface area contributed by atoms with Crippen molar-refractivity contribution in [3.63, 3.8) is 0 Å². The molecule has 35 heavy (non-hydrogen) atoms. The fourth-order valence-corrected chi connectivity index (χ4v) is 5.03. The fourth-order valence-electron chi connectivity index (χ4n) is 5.03. The maximum absolute atomic E-state index is 12.1. The van der Waals surface area contributed by atoms with Crippen LogP contribution >= 0.6 is 0 Å². The number of benzene rings is 1. The molecule has 0 amide bonds. The van der Waals surface area contributed by atoms with Crippen LogP contribution in [0.4, 0.5) is 5.82 Å². The van der Waals surface area contributed by atoms with Gasteiger partial charge >= 0.3 is 5.97 Å². The Balaban J connectivity index is 1.26. The van der Waals surface area contributed by atoms with Crippen LogP contribution in [0.15, 0.2) is 42.7 Å². The third-order valence-electron chi connectivity index (χ3n) is 7.02. The van der Waals surface area contributed by atoms with Crippen LogP contribution in [-0.2, 0) is 17.6 Å². The minimum atomic E-state index is -1.02. The van der Waals surface area contributed by atoms with Gasteiger partial charge in [-0.1, -0.05) is 18.2 Å². The average Bonchev–Trinajstić information content (AvgIpc) is 2.85. The van der Waals surface area contributed by atoms with E-state index in [1.165, 1.54) is 17.0 Å². The van der Waals surface area contributed by atoms with Crippen molar-refractivity contribution in [1.29, 1.82) is 0 Å². The number of aryl methyl sites for hydroxylation is 2. The number of fused-ring (bicyclic) bond motifs is 2. The van der Waals surface area contributed by atoms with Crippen molar-refractivity contribution in [3.8, 4) is 5.88 Å². The summed E-state index contributed by atoms with van der Waals surface area (Å²) in [7, 11) is 0. The molecule has 3 aromatic rings. The van der Waals surface area contributed by atoms with Crippen LogP contribution in [0, 0.1) is 5.92 Å². The molecule has 1 aliphatic heterocycles. The van der Waals surface area contributed by atoms with E-state index < -0.39 is 12.0 Å². The van der Waals surface area contributed by atoms with Crippen LogP contribution in [0.5, 0.6) is 5.88 Å². The van der Waals surface area contributed by atoms with Crippen LogP contribution in [-0.4, -0.2) is 61.4 Å². The highest BCUT2D eigenvalue weighted by Crippen LogP contribution is 2.37. The van der Waals surface area contributed by atoms with Crippen molar-refractivity contribution in [2.24, 2.45) is 5.92 Å². The van der Waals surface area contributed by atoms with E-state index in [0.29, 0.717) is 11.8 Å². The summed E-state index contributed by atoms with van der Waals surface area (Å²) in [5, 5.41) is 25.0. The Hall–Kier alpha value is -3.30. The van der Waals surface area contributed by atoms with Gasteiger partial charge in [-0.15, -0.1) is 5.06 Å². The highest BCUT2D eigenvalue weighted by atomic mass is 16.7. The van der Waals surface area contributed by atoms with E-state index in [0.717, 1.165) is 67.5 Å². The predicted molar refractivity (Wildman–Crippen MR) is 131 cm³/mol. The number of aliphatic hydroxyl groups is 1. The summed E-state index contributed by atoms with van der Waals surface area (Å²) in [6, 6.07) is 10.7. The number of hydrogen-bond acceptors (Lipinski definition) is 8. The van der Waals surface area contributed by atoms with Crippen LogP contribution in [0.1, 0.15) is 43.4 Å². The summed E-state index contributed by atoms with van der Waals surface area (Å²) >= 11 is 0. The lowest BCUT2D eigenvalue weighted by molar-refractivity contribution is -0.187. The van der Waals surface area contributed by atoms with Gasteiger partial charge in [0.25, 0.3) is 0 Å². The number of hydrogen-bond donors (Lipinski definition) is 3. The van der Waals surface area contributed by atoms with E-state index in [1.54, 1.807) is 0 Å². The number of aliphatic hydroxyl groups excluding tert-OH is 1. The van der Waals surface area contributed by atoms with Crippen molar-refractivity contribution in [1.82, 2.24) is 20.0 Å². The molecule has 184 valence electrons. The van der Waals surface area contributed by atoms with Crippen LogP contribution in [0.2, 0.25) is 0 Å². The van der Waals surface area contributed by atoms with Gasteiger partial charge in [0.05, 0.1) is 10.9 Å². The molecule has 9 heteroatoms. The number of nitrogens with zero attached hydrogens (tertiary/aromatic N) is 4. The Morgan fingerprint density at radius 2 is 2.06 bits per heavy atom. The Kier molecular flexibility index (Phi) is 7.06. The Labute approximate surface area is 204 Å². The van der Waals surface area contributed by atoms with E-state index in [-0.39, 0.29) is 19.1 Å². The lowest BCUT2D eigenvalue weighted by atomic mass is 9.76. The molecule has 2 aromatic heterocycles. The van der Waals surface area contributed by atoms with Crippen LogP contribution in [0.3, 0.4) is 0 Å². The minimum absolute atomic E-state index is 0.0699. The van der Waals surface area contributed by atoms with Crippen molar-refractivity contribution >= 4 is 22.7 Å². The zero-order chi connectivity index (χ0) is 24.2. The third kappa shape index (κ3) is 5.21. The molecule has 1 aliphatic carbocycles. The van der Waals surface area contributed by atoms with Crippen molar-refractivity contribution in [3.05, 3.63) is 54.0 Å². The van der Waals surface area contributed by atoms with E-state index in [9.17, 15) is 15.0 Å². The number of nitrogens with one attached hydrogen (secondary N) is 1. The Morgan fingerprint density at radius 1 is 1.20 bits per heavy atom. The Morgan fingerprint density at radius 3 is 2.89 bits per heavy atom. The lowest BCUT2D eigenvalue weighted by Gasteiger charge is -2.43. The first-order chi connectivity index (χ1) is 17.1. The Bertz CT molecular complexity index is 1180. The summed E-state index contributed by atoms with van der Waals surface area (Å²) < 4.78 is 0. The number of aromatic nitrogens is 3. The molecule has 0 unspecified atom stereocenters. The summed E-state index contributed by atoms with van der Waals surface area (Å²) in [5.41, 5.74) is 3.10. The normalized spacial score (nSPS) is 20.1. The van der Waals surface area contributed by atoms with Crippen LogP contribution in [0.25, 0.3) is 10.9 Å². The molecule has 0 bridgehead atoms. The molecule has 9 nitrogen and oxygen atoms in total. The highest BCUT2D eigenvalue weighted by Gasteiger charge is 2.41. The highest BCUT2D eigenvalue weighted by molar-refractivity contribution is 5.83. The van der Waals surface area contributed by atoms with Gasteiger partial charge in [0.15, 0.2) is 0 Å². The van der Waals surface area contributed by atoms with Gasteiger partial charge in [-0.25, -0.2) is 9.97 Å². The number of carbonyl (C=O) groups is 1. The number of pyridine rings is 1. The summed E-state index contributed by atoms with van der Waals surface area (Å²) in [4.78, 5) is 31.5. The quantitative estimate of drug-likeness (QED) is 0.378. The number of para-hydroxylation sites is 1. The van der Waals surface area contributed by atoms with Gasteiger partial charge < -0.3 is 20.4 Å². The number of hydroxylamine groups is 2. The van der Waals surface area contributed by atoms with Gasteiger partial charge in [0.1, 0.15) is 18.2 Å². The molecular formula is C26H31N5O4. The van der Waals surface area contributed by atoms with Crippen molar-refractivity contribution in [2.45, 2.75) is 57.0 Å². The first-order valence-electron chi connectivity index (χ1n) is 12.3. The predicted octanol–water partition coefficient (Wildman–Crippen LogP) is 3.23. The number of anilines is 1. The smallest absolute Gasteiger partial charge is 0.324 e. The number of carboxylic acid groups (broad SMARTS) is 1. The molecule has 1 aromatic carbocycles. The second kappa shape index (κ2) is 10.5. The number of aliphatic carboxylic acids is 1. The molecule has 1 saturated carbocycles. The van der Waals surface area contributed by atoms with Gasteiger partial charge in [-0.05, 0) is 74.6 Å². The number of carboxylic acids is 1. The van der Waals surface area contributed by atoms with Gasteiger partial charge in [-0.2, -0.15) is 4.98 Å². The maximum Gasteiger partial charge on any atom is 0.324 e. The largest absolute Gasteiger partial charge is 0.480 e. The zero-order valence-corrected chi connectivity index (χ0v) is 19.6. The molecule has 0 spiro atoms. The molecule has 0 saturated heterocycles. The van der Waals surface area contributed by atoms with E-state index >= 15 is 0 Å². The first kappa shape index (κ1) is 23.4. The molecule has 0 radical (unpaired) electrons. The summed E-state index contributed by atoms with van der Waals surface area (Å²) in [5.74, 6) is 0.786. The van der Waals surface area contributed by atoms with E-state index in [4.69, 9.17) is 9.82 Å². The zero-order valence-electron chi connectivity index (χ0n) is 19.6. The monoisotopic (exact) mass is 477 g/mol. The van der Waals surface area contributed by atoms with Crippen LogP contribution < -0.4 is 10.2 Å². The molecular weight excluding hydrogens is 446 g/mol. The topological polar surface area (TPSA) is 121 Å². The second-order valence-electron chi connectivity index (χ2n) is 9.38. The van der Waals surface area contributed by atoms with Crippen molar-refractivity contribution in [2.75, 3.05) is 18.5 Å². The minimum Gasteiger partial charge on any atom is -0.480 e. The SMILES string of the molecule is O=C(O)[C@H](CCO)N(Oc1ncnc2ccccc12)C1CC(CCc2ccc3c(n2)NCCC3)C1. The van der Waals surface area contributed by atoms with Gasteiger partial charge in [0, 0.05) is 24.9 Å². The second-order valence-corrected chi connectivity index (χ2v) is 9.38. The third-order valence-corrected chi connectivity index (χ3v) is 7.02. The summed E-state index contributed by atoms with van der Waals surface area (Å²) in [6.45, 7) is 0.735. The van der Waals surface area contributed by atoms with E-state index in [1.807, 2.05) is 24.3 Å². The average molecular weight is 478 g/mol. The number of rotatable bonds is 10. The van der Waals surface area contributed by atoms with E-state index in [2.05, 4.69) is 27.4 Å². The standard InChI is InChI=1S/C26H31N5O4/c32-13-11-23(26(33)34)31(35-25-21-5-1-2-6-22(21)28-16-29-25)20-14-17(15-20)7-9-19-10-8-18-4-3-12-27-24(18)30-19/h1-2,5-6,8,10,16-17,20,23,32H,3-4,7,9,11-15H2,(H,27,30)(H,33,34)/t17?,20?,23-/m0/s1.